The van der Waals surface area contributed by atoms with Crippen LogP contribution in [0.5, 0.6) is 0 Å². The van der Waals surface area contributed by atoms with E-state index in [1.165, 1.54) is 4.90 Å². The number of hydrogen-bond donors (Lipinski definition) is 0. The molecule has 18 heavy (non-hydrogen) atoms. The minimum Gasteiger partial charge on any atom is -0.472 e. The van der Waals surface area contributed by atoms with E-state index in [-0.39, 0.29) is 11.8 Å². The van der Waals surface area contributed by atoms with Gasteiger partial charge in [0.05, 0.1) is 5.57 Å². The number of ether oxygens (including phenoxy) is 1. The summed E-state index contributed by atoms with van der Waals surface area (Å²) >= 11 is 0. The first kappa shape index (κ1) is 13.1. The van der Waals surface area contributed by atoms with Crippen molar-refractivity contribution in [2.24, 2.45) is 0 Å². The molecule has 0 saturated heterocycles. The first-order valence-corrected chi connectivity index (χ1v) is 6.76. The second-order valence-electron chi connectivity index (χ2n) is 5.18. The minimum absolute atomic E-state index is 0.131. The number of rotatable bonds is 1. The molecule has 1 spiro atoms. The molecule has 4 heteroatoms. The number of allylic oxidation sites excluding steroid dienone is 1. The quantitative estimate of drug-likeness (QED) is 0.720. The molecule has 0 radical (unpaired) electrons. The predicted molar refractivity (Wildman–Crippen MR) is 67.4 cm³/mol. The van der Waals surface area contributed by atoms with Crippen molar-refractivity contribution in [3.63, 3.8) is 0 Å². The number of imide groups is 1. The SMILES string of the molecule is CCC(=O)N1C(=O)C(C)=C(C)OC12CCCCC2. The van der Waals surface area contributed by atoms with E-state index in [4.69, 9.17) is 4.74 Å². The maximum atomic E-state index is 12.4. The molecule has 0 aromatic heterocycles. The molecule has 0 aromatic rings. The van der Waals surface area contributed by atoms with Crippen molar-refractivity contribution in [1.29, 1.82) is 0 Å². The lowest BCUT2D eigenvalue weighted by atomic mass is 9.88. The van der Waals surface area contributed by atoms with E-state index in [0.29, 0.717) is 17.8 Å². The van der Waals surface area contributed by atoms with E-state index in [9.17, 15) is 9.59 Å². The van der Waals surface area contributed by atoms with E-state index in [1.807, 2.05) is 6.92 Å². The number of carbonyl (C=O) groups is 2. The molecular formula is C14H21NO3. The molecule has 0 N–H and O–H groups in total. The van der Waals surface area contributed by atoms with Crippen molar-refractivity contribution in [2.75, 3.05) is 0 Å². The zero-order chi connectivity index (χ0) is 13.3. The minimum atomic E-state index is -0.702. The Kier molecular flexibility index (Phi) is 3.46. The Labute approximate surface area is 108 Å². The molecule has 0 bridgehead atoms. The summed E-state index contributed by atoms with van der Waals surface area (Å²) < 4.78 is 6.00. The number of carbonyl (C=O) groups excluding carboxylic acids is 2. The van der Waals surface area contributed by atoms with Gasteiger partial charge in [-0.05, 0) is 26.7 Å². The molecule has 1 fully saturated rings. The fourth-order valence-electron chi connectivity index (χ4n) is 2.84. The lowest BCUT2D eigenvalue weighted by molar-refractivity contribution is -0.187. The highest BCUT2D eigenvalue weighted by atomic mass is 16.5. The van der Waals surface area contributed by atoms with E-state index in [2.05, 4.69) is 0 Å². The van der Waals surface area contributed by atoms with Gasteiger partial charge in [-0.3, -0.25) is 9.59 Å². The Morgan fingerprint density at radius 2 is 1.89 bits per heavy atom. The fraction of sp³-hybridized carbons (Fsp3) is 0.714. The van der Waals surface area contributed by atoms with Crippen molar-refractivity contribution in [1.82, 2.24) is 4.90 Å². The molecule has 1 aliphatic heterocycles. The van der Waals surface area contributed by atoms with Gasteiger partial charge in [-0.25, -0.2) is 4.90 Å². The van der Waals surface area contributed by atoms with Crippen molar-refractivity contribution in [2.45, 2.75) is 65.0 Å². The zero-order valence-electron chi connectivity index (χ0n) is 11.4. The molecule has 100 valence electrons. The molecule has 4 nitrogen and oxygen atoms in total. The third-order valence-electron chi connectivity index (χ3n) is 3.99. The van der Waals surface area contributed by atoms with Gasteiger partial charge in [0.2, 0.25) is 5.91 Å². The molecule has 0 unspecified atom stereocenters. The predicted octanol–water partition coefficient (Wildman–Crippen LogP) is 2.74. The molecule has 2 rings (SSSR count). The highest BCUT2D eigenvalue weighted by Gasteiger charge is 2.49. The van der Waals surface area contributed by atoms with Gasteiger partial charge in [0, 0.05) is 19.3 Å². The molecular weight excluding hydrogens is 230 g/mol. The number of hydrogen-bond acceptors (Lipinski definition) is 3. The van der Waals surface area contributed by atoms with Crippen molar-refractivity contribution < 1.29 is 14.3 Å². The molecule has 2 amide bonds. The average molecular weight is 251 g/mol. The molecule has 0 aromatic carbocycles. The van der Waals surface area contributed by atoms with E-state index >= 15 is 0 Å². The molecule has 1 saturated carbocycles. The van der Waals surface area contributed by atoms with Crippen molar-refractivity contribution >= 4 is 11.8 Å². The zero-order valence-corrected chi connectivity index (χ0v) is 11.4. The van der Waals surface area contributed by atoms with Gasteiger partial charge in [0.1, 0.15) is 5.76 Å². The van der Waals surface area contributed by atoms with Crippen LogP contribution in [0, 0.1) is 0 Å². The second-order valence-corrected chi connectivity index (χ2v) is 5.18. The standard InChI is InChI=1S/C14H21NO3/c1-4-12(16)15-13(17)10(2)11(3)18-14(15)8-6-5-7-9-14/h4-9H2,1-3H3. The summed E-state index contributed by atoms with van der Waals surface area (Å²) in [6, 6.07) is 0. The Morgan fingerprint density at radius 1 is 1.28 bits per heavy atom. The van der Waals surface area contributed by atoms with Gasteiger partial charge >= 0.3 is 0 Å². The van der Waals surface area contributed by atoms with Crippen LogP contribution in [0.1, 0.15) is 59.3 Å². The van der Waals surface area contributed by atoms with Crippen LogP contribution < -0.4 is 0 Å². The summed E-state index contributed by atoms with van der Waals surface area (Å²) in [6.45, 7) is 5.33. The maximum absolute atomic E-state index is 12.4. The summed E-state index contributed by atoms with van der Waals surface area (Å²) in [5, 5.41) is 0. The van der Waals surface area contributed by atoms with Crippen LogP contribution in [0.3, 0.4) is 0 Å². The molecule has 1 aliphatic carbocycles. The Hall–Kier alpha value is -1.32. The molecule has 0 atom stereocenters. The third-order valence-corrected chi connectivity index (χ3v) is 3.99. The average Bonchev–Trinajstić information content (AvgIpc) is 2.37. The second kappa shape index (κ2) is 4.75. The van der Waals surface area contributed by atoms with Gasteiger partial charge < -0.3 is 4.74 Å². The highest BCUT2D eigenvalue weighted by Crippen LogP contribution is 2.41. The Balaban J connectivity index is 2.42. The largest absolute Gasteiger partial charge is 0.472 e. The van der Waals surface area contributed by atoms with E-state index in [1.54, 1.807) is 13.8 Å². The van der Waals surface area contributed by atoms with Crippen LogP contribution >= 0.6 is 0 Å². The monoisotopic (exact) mass is 251 g/mol. The summed E-state index contributed by atoms with van der Waals surface area (Å²) in [4.78, 5) is 25.9. The highest BCUT2D eigenvalue weighted by molar-refractivity contribution is 6.05. The first-order chi connectivity index (χ1) is 8.52. The number of amides is 2. The maximum Gasteiger partial charge on any atom is 0.262 e. The Bertz CT molecular complexity index is 405. The molecule has 1 heterocycles. The van der Waals surface area contributed by atoms with Crippen LogP contribution in [0.2, 0.25) is 0 Å². The van der Waals surface area contributed by atoms with E-state index in [0.717, 1.165) is 32.1 Å². The van der Waals surface area contributed by atoms with Crippen LogP contribution in [-0.2, 0) is 14.3 Å². The molecule has 2 aliphatic rings. The lowest BCUT2D eigenvalue weighted by Crippen LogP contribution is -2.59. The summed E-state index contributed by atoms with van der Waals surface area (Å²) in [7, 11) is 0. The number of nitrogens with zero attached hydrogens (tertiary/aromatic N) is 1. The van der Waals surface area contributed by atoms with Gasteiger partial charge in [0.25, 0.3) is 5.91 Å². The van der Waals surface area contributed by atoms with Crippen LogP contribution in [0.25, 0.3) is 0 Å². The van der Waals surface area contributed by atoms with Crippen LogP contribution in [0.15, 0.2) is 11.3 Å². The Morgan fingerprint density at radius 3 is 2.44 bits per heavy atom. The summed E-state index contributed by atoms with van der Waals surface area (Å²) in [5.41, 5.74) is -0.153. The summed E-state index contributed by atoms with van der Waals surface area (Å²) in [6.07, 6.45) is 5.02. The normalized spacial score (nSPS) is 23.3. The van der Waals surface area contributed by atoms with Gasteiger partial charge in [0.15, 0.2) is 5.72 Å². The topological polar surface area (TPSA) is 46.6 Å². The van der Waals surface area contributed by atoms with Gasteiger partial charge in [-0.15, -0.1) is 0 Å². The third kappa shape index (κ3) is 1.93. The van der Waals surface area contributed by atoms with Gasteiger partial charge in [-0.1, -0.05) is 13.3 Å². The van der Waals surface area contributed by atoms with Crippen LogP contribution in [-0.4, -0.2) is 22.4 Å². The van der Waals surface area contributed by atoms with E-state index < -0.39 is 5.72 Å². The van der Waals surface area contributed by atoms with Gasteiger partial charge in [-0.2, -0.15) is 0 Å². The van der Waals surface area contributed by atoms with Crippen molar-refractivity contribution in [3.8, 4) is 0 Å². The first-order valence-electron chi connectivity index (χ1n) is 6.76. The smallest absolute Gasteiger partial charge is 0.262 e. The lowest BCUT2D eigenvalue weighted by Gasteiger charge is -2.47. The summed E-state index contributed by atoms with van der Waals surface area (Å²) in [5.74, 6) is 0.364. The van der Waals surface area contributed by atoms with Crippen LogP contribution in [0.4, 0.5) is 0 Å². The fourth-order valence-corrected chi connectivity index (χ4v) is 2.84. The van der Waals surface area contributed by atoms with Crippen molar-refractivity contribution in [3.05, 3.63) is 11.3 Å².